The molecule has 2 heterocycles. The van der Waals surface area contributed by atoms with E-state index >= 15 is 0 Å². The van der Waals surface area contributed by atoms with Gasteiger partial charge in [0.1, 0.15) is 0 Å². The summed E-state index contributed by atoms with van der Waals surface area (Å²) in [6, 6.07) is 15.2. The van der Waals surface area contributed by atoms with Gasteiger partial charge in [0.05, 0.1) is 11.5 Å². The topological polar surface area (TPSA) is 97.3 Å². The smallest absolute Gasteiger partial charge is 0.270 e. The molecule has 1 N–H and O–H groups in total. The molecule has 9 heteroatoms. The van der Waals surface area contributed by atoms with Crippen molar-refractivity contribution >= 4 is 18.1 Å². The highest BCUT2D eigenvalue weighted by molar-refractivity contribution is 5.85. The molecule has 1 unspecified atom stereocenters. The molecule has 1 fully saturated rings. The number of piperazine rings is 1. The third-order valence-corrected chi connectivity index (χ3v) is 5.25. The summed E-state index contributed by atoms with van der Waals surface area (Å²) < 4.78 is 5.45. The van der Waals surface area contributed by atoms with E-state index in [1.54, 1.807) is 12.1 Å². The number of nitrogens with one attached hydrogen (secondary N) is 1. The van der Waals surface area contributed by atoms with E-state index < -0.39 is 4.92 Å². The molecule has 1 atom stereocenters. The Bertz CT molecular complexity index is 992. The van der Waals surface area contributed by atoms with Crippen LogP contribution in [-0.4, -0.2) is 39.6 Å². The molecule has 158 valence electrons. The Balaban J connectivity index is 0.00000256. The fourth-order valence-corrected chi connectivity index (χ4v) is 3.61. The summed E-state index contributed by atoms with van der Waals surface area (Å²) in [6.07, 6.45) is 1.02. The minimum absolute atomic E-state index is 0. The van der Waals surface area contributed by atoms with Gasteiger partial charge >= 0.3 is 0 Å². The predicted molar refractivity (Wildman–Crippen MR) is 115 cm³/mol. The molecular formula is C21H24ClN5O3. The van der Waals surface area contributed by atoms with Gasteiger partial charge in [0, 0.05) is 43.4 Å². The molecule has 1 aliphatic heterocycles. The third-order valence-electron chi connectivity index (χ3n) is 5.25. The second-order valence-corrected chi connectivity index (χ2v) is 7.10. The van der Waals surface area contributed by atoms with Gasteiger partial charge in [-0.1, -0.05) is 48.5 Å². The zero-order valence-electron chi connectivity index (χ0n) is 16.7. The van der Waals surface area contributed by atoms with Crippen molar-refractivity contribution in [1.29, 1.82) is 0 Å². The van der Waals surface area contributed by atoms with Gasteiger partial charge in [-0.2, -0.15) is 4.98 Å². The number of nitrogens with zero attached hydrogens (tertiary/aromatic N) is 4. The lowest BCUT2D eigenvalue weighted by molar-refractivity contribution is -0.384. The van der Waals surface area contributed by atoms with Crippen LogP contribution in [0.15, 0.2) is 53.1 Å². The van der Waals surface area contributed by atoms with Crippen LogP contribution in [0.2, 0.25) is 0 Å². The van der Waals surface area contributed by atoms with Crippen LogP contribution in [0.3, 0.4) is 0 Å². The molecule has 30 heavy (non-hydrogen) atoms. The van der Waals surface area contributed by atoms with Crippen molar-refractivity contribution in [1.82, 2.24) is 20.4 Å². The van der Waals surface area contributed by atoms with E-state index in [9.17, 15) is 10.1 Å². The van der Waals surface area contributed by atoms with Crippen molar-refractivity contribution in [2.75, 3.05) is 19.6 Å². The van der Waals surface area contributed by atoms with Crippen molar-refractivity contribution in [3.8, 4) is 11.4 Å². The number of aryl methyl sites for hydroxylation is 1. The molecular weight excluding hydrogens is 406 g/mol. The molecule has 0 aliphatic carbocycles. The highest BCUT2D eigenvalue weighted by Gasteiger charge is 2.25. The molecule has 0 bridgehead atoms. The lowest BCUT2D eigenvalue weighted by Gasteiger charge is -2.35. The van der Waals surface area contributed by atoms with Crippen LogP contribution in [0.5, 0.6) is 0 Å². The number of hydrogen-bond acceptors (Lipinski definition) is 7. The monoisotopic (exact) mass is 429 g/mol. The summed E-state index contributed by atoms with van der Waals surface area (Å²) in [6.45, 7) is 5.31. The molecule has 0 amide bonds. The Morgan fingerprint density at radius 2 is 2.07 bits per heavy atom. The van der Waals surface area contributed by atoms with Crippen molar-refractivity contribution < 1.29 is 9.45 Å². The highest BCUT2D eigenvalue weighted by Crippen LogP contribution is 2.26. The van der Waals surface area contributed by atoms with Gasteiger partial charge in [-0.05, 0) is 17.5 Å². The standard InChI is InChI=1S/C21H23N5O3.ClH/c1-2-15-6-8-16(9-7-15)19-13-22-10-11-25(19)14-20-23-21(24-29-20)17-4-3-5-18(12-17)26(27)28;/h3-9,12,19,22H,2,10-11,13-14H2,1H3;1H. The lowest BCUT2D eigenvalue weighted by Crippen LogP contribution is -2.45. The van der Waals surface area contributed by atoms with E-state index in [-0.39, 0.29) is 24.1 Å². The van der Waals surface area contributed by atoms with Gasteiger partial charge in [0.2, 0.25) is 11.7 Å². The first-order valence-electron chi connectivity index (χ1n) is 9.75. The summed E-state index contributed by atoms with van der Waals surface area (Å²) in [5.74, 6) is 0.867. The molecule has 0 spiro atoms. The second kappa shape index (κ2) is 9.80. The van der Waals surface area contributed by atoms with Gasteiger partial charge in [-0.3, -0.25) is 15.0 Å². The van der Waals surface area contributed by atoms with Crippen molar-refractivity contribution in [3.63, 3.8) is 0 Å². The zero-order chi connectivity index (χ0) is 20.2. The van der Waals surface area contributed by atoms with Crippen LogP contribution in [0.1, 0.15) is 30.0 Å². The first-order chi connectivity index (χ1) is 14.1. The summed E-state index contributed by atoms with van der Waals surface area (Å²) in [5.41, 5.74) is 3.16. The summed E-state index contributed by atoms with van der Waals surface area (Å²) in [4.78, 5) is 17.4. The average Bonchev–Trinajstić information content (AvgIpc) is 3.23. The Morgan fingerprint density at radius 3 is 2.80 bits per heavy atom. The molecule has 0 radical (unpaired) electrons. The number of rotatable bonds is 6. The number of nitro groups is 1. The largest absolute Gasteiger partial charge is 0.338 e. The number of halogens is 1. The maximum absolute atomic E-state index is 11.0. The summed E-state index contributed by atoms with van der Waals surface area (Å²) in [5, 5.41) is 18.5. The molecule has 3 aromatic rings. The van der Waals surface area contributed by atoms with Gasteiger partial charge in [0.25, 0.3) is 5.69 Å². The maximum Gasteiger partial charge on any atom is 0.270 e. The average molecular weight is 430 g/mol. The fraction of sp³-hybridized carbons (Fsp3) is 0.333. The summed E-state index contributed by atoms with van der Waals surface area (Å²) in [7, 11) is 0. The van der Waals surface area contributed by atoms with Crippen LogP contribution in [-0.2, 0) is 13.0 Å². The Kier molecular flexibility index (Phi) is 7.15. The maximum atomic E-state index is 11.0. The van der Waals surface area contributed by atoms with Gasteiger partial charge < -0.3 is 9.84 Å². The van der Waals surface area contributed by atoms with E-state index in [2.05, 4.69) is 51.5 Å². The molecule has 8 nitrogen and oxygen atoms in total. The number of benzene rings is 2. The second-order valence-electron chi connectivity index (χ2n) is 7.10. The number of non-ortho nitro benzene ring substituents is 1. The van der Waals surface area contributed by atoms with Crippen LogP contribution >= 0.6 is 12.4 Å². The molecule has 1 aliphatic rings. The number of nitro benzene ring substituents is 1. The molecule has 0 saturated carbocycles. The van der Waals surface area contributed by atoms with Crippen LogP contribution in [0.4, 0.5) is 5.69 Å². The highest BCUT2D eigenvalue weighted by atomic mass is 35.5. The Labute approximate surface area is 180 Å². The van der Waals surface area contributed by atoms with Crippen LogP contribution < -0.4 is 5.32 Å². The minimum atomic E-state index is -0.431. The lowest BCUT2D eigenvalue weighted by atomic mass is 10.0. The SMILES string of the molecule is CCc1ccc(C2CNCCN2Cc2nc(-c3cccc([N+](=O)[O-])c3)no2)cc1.Cl. The first-order valence-corrected chi connectivity index (χ1v) is 9.75. The van der Waals surface area contributed by atoms with Gasteiger partial charge in [-0.25, -0.2) is 0 Å². The summed E-state index contributed by atoms with van der Waals surface area (Å²) >= 11 is 0. The van der Waals surface area contributed by atoms with E-state index in [1.165, 1.54) is 23.3 Å². The van der Waals surface area contributed by atoms with Gasteiger partial charge in [0.15, 0.2) is 0 Å². The van der Waals surface area contributed by atoms with E-state index in [1.807, 2.05) is 0 Å². The molecule has 1 aromatic heterocycles. The third kappa shape index (κ3) is 4.84. The van der Waals surface area contributed by atoms with Crippen LogP contribution in [0, 0.1) is 10.1 Å². The minimum Gasteiger partial charge on any atom is -0.338 e. The quantitative estimate of drug-likeness (QED) is 0.470. The van der Waals surface area contributed by atoms with Gasteiger partial charge in [-0.15, -0.1) is 12.4 Å². The number of hydrogen-bond donors (Lipinski definition) is 1. The van der Waals surface area contributed by atoms with E-state index in [0.717, 1.165) is 26.1 Å². The fourth-order valence-electron chi connectivity index (χ4n) is 3.61. The van der Waals surface area contributed by atoms with Crippen LogP contribution in [0.25, 0.3) is 11.4 Å². The predicted octanol–water partition coefficient (Wildman–Crippen LogP) is 3.78. The normalized spacial score (nSPS) is 16.8. The number of aromatic nitrogens is 2. The first kappa shape index (κ1) is 21.9. The van der Waals surface area contributed by atoms with Crippen molar-refractivity contribution in [3.05, 3.63) is 75.7 Å². The van der Waals surface area contributed by atoms with E-state index in [4.69, 9.17) is 4.52 Å². The Hall–Kier alpha value is -2.81. The van der Waals surface area contributed by atoms with Crippen molar-refractivity contribution in [2.24, 2.45) is 0 Å². The van der Waals surface area contributed by atoms with E-state index in [0.29, 0.717) is 23.8 Å². The molecule has 1 saturated heterocycles. The zero-order valence-corrected chi connectivity index (χ0v) is 17.5. The Morgan fingerprint density at radius 1 is 1.27 bits per heavy atom. The molecule has 2 aromatic carbocycles. The molecule has 4 rings (SSSR count). The van der Waals surface area contributed by atoms with Crippen molar-refractivity contribution in [2.45, 2.75) is 25.9 Å².